The number of hydrogen-bond donors (Lipinski definition) is 2. The Labute approximate surface area is 68.5 Å². The summed E-state index contributed by atoms with van der Waals surface area (Å²) in [5, 5.41) is 8.92. The van der Waals surface area contributed by atoms with E-state index in [0.29, 0.717) is 0 Å². The highest BCUT2D eigenvalue weighted by molar-refractivity contribution is 5.09. The van der Waals surface area contributed by atoms with Crippen LogP contribution in [0.2, 0.25) is 0 Å². The van der Waals surface area contributed by atoms with Crippen molar-refractivity contribution in [2.75, 3.05) is 0 Å². The van der Waals surface area contributed by atoms with Crippen molar-refractivity contribution in [3.8, 4) is 6.07 Å². The fourth-order valence-electron chi connectivity index (χ4n) is 1.29. The van der Waals surface area contributed by atoms with Crippen molar-refractivity contribution in [1.82, 2.24) is 5.43 Å². The lowest BCUT2D eigenvalue weighted by atomic mass is 9.79. The minimum absolute atomic E-state index is 0.220. The van der Waals surface area contributed by atoms with Gasteiger partial charge in [0, 0.05) is 0 Å². The lowest BCUT2D eigenvalue weighted by Gasteiger charge is -2.33. The van der Waals surface area contributed by atoms with Crippen LogP contribution in [-0.4, -0.2) is 5.54 Å². The second kappa shape index (κ2) is 3.70. The SMILES string of the molecule is CC(C)C(C#N)(NN)C(C)C. The number of nitriles is 1. The van der Waals surface area contributed by atoms with Gasteiger partial charge in [0.25, 0.3) is 0 Å². The monoisotopic (exact) mass is 155 g/mol. The first-order valence-corrected chi connectivity index (χ1v) is 3.90. The zero-order chi connectivity index (χ0) is 9.07. The molecule has 0 aliphatic heterocycles. The number of hydrazine groups is 1. The van der Waals surface area contributed by atoms with Gasteiger partial charge in [-0.2, -0.15) is 5.26 Å². The molecule has 3 heteroatoms. The lowest BCUT2D eigenvalue weighted by molar-refractivity contribution is 0.234. The van der Waals surface area contributed by atoms with Crippen LogP contribution in [0.15, 0.2) is 0 Å². The van der Waals surface area contributed by atoms with Gasteiger partial charge in [-0.3, -0.25) is 5.84 Å². The molecule has 0 aliphatic carbocycles. The summed E-state index contributed by atoms with van der Waals surface area (Å²) in [5.74, 6) is 5.79. The largest absolute Gasteiger partial charge is 0.270 e. The quantitative estimate of drug-likeness (QED) is 0.472. The van der Waals surface area contributed by atoms with Gasteiger partial charge in [0.2, 0.25) is 0 Å². The van der Waals surface area contributed by atoms with E-state index in [1.165, 1.54) is 0 Å². The third-order valence-electron chi connectivity index (χ3n) is 2.25. The van der Waals surface area contributed by atoms with Crippen molar-refractivity contribution in [1.29, 1.82) is 5.26 Å². The summed E-state index contributed by atoms with van der Waals surface area (Å²) in [5.41, 5.74) is 2.02. The first kappa shape index (κ1) is 10.4. The molecular formula is C8H17N3. The molecule has 0 aromatic heterocycles. The molecule has 3 nitrogen and oxygen atoms in total. The summed E-state index contributed by atoms with van der Waals surface area (Å²) in [4.78, 5) is 0. The zero-order valence-corrected chi connectivity index (χ0v) is 7.68. The third-order valence-corrected chi connectivity index (χ3v) is 2.25. The molecule has 0 amide bonds. The fourth-order valence-corrected chi connectivity index (χ4v) is 1.29. The molecule has 0 heterocycles. The normalized spacial score (nSPS) is 12.2. The Kier molecular flexibility index (Phi) is 3.50. The second-order valence-corrected chi connectivity index (χ2v) is 3.43. The topological polar surface area (TPSA) is 61.8 Å². The van der Waals surface area contributed by atoms with E-state index in [4.69, 9.17) is 11.1 Å². The molecule has 3 N–H and O–H groups in total. The molecule has 11 heavy (non-hydrogen) atoms. The maximum Gasteiger partial charge on any atom is 0.123 e. The molecule has 0 radical (unpaired) electrons. The van der Waals surface area contributed by atoms with E-state index < -0.39 is 5.54 Å². The minimum Gasteiger partial charge on any atom is -0.270 e. The molecule has 0 aromatic carbocycles. The van der Waals surface area contributed by atoms with E-state index in [9.17, 15) is 0 Å². The molecule has 0 spiro atoms. The Balaban J connectivity index is 4.65. The van der Waals surface area contributed by atoms with Crippen LogP contribution in [0.3, 0.4) is 0 Å². The van der Waals surface area contributed by atoms with Crippen LogP contribution in [0.4, 0.5) is 0 Å². The van der Waals surface area contributed by atoms with Gasteiger partial charge >= 0.3 is 0 Å². The van der Waals surface area contributed by atoms with Crippen molar-refractivity contribution in [3.63, 3.8) is 0 Å². The van der Waals surface area contributed by atoms with Gasteiger partial charge in [-0.05, 0) is 11.8 Å². The Morgan fingerprint density at radius 2 is 1.64 bits per heavy atom. The molecule has 0 unspecified atom stereocenters. The lowest BCUT2D eigenvalue weighted by Crippen LogP contribution is -2.55. The average Bonchev–Trinajstić information content (AvgIpc) is 1.90. The van der Waals surface area contributed by atoms with Crippen LogP contribution in [0.5, 0.6) is 0 Å². The van der Waals surface area contributed by atoms with E-state index in [0.717, 1.165) is 0 Å². The van der Waals surface area contributed by atoms with Gasteiger partial charge in [-0.1, -0.05) is 27.7 Å². The molecule has 0 bridgehead atoms. The van der Waals surface area contributed by atoms with Crippen LogP contribution >= 0.6 is 0 Å². The minimum atomic E-state index is -0.583. The van der Waals surface area contributed by atoms with Crippen molar-refractivity contribution in [2.45, 2.75) is 33.2 Å². The van der Waals surface area contributed by atoms with E-state index in [1.54, 1.807) is 0 Å². The van der Waals surface area contributed by atoms with Crippen LogP contribution in [0.25, 0.3) is 0 Å². The molecule has 0 rings (SSSR count). The highest BCUT2D eigenvalue weighted by atomic mass is 15.3. The summed E-state index contributed by atoms with van der Waals surface area (Å²) in [7, 11) is 0. The van der Waals surface area contributed by atoms with Gasteiger partial charge in [-0.15, -0.1) is 0 Å². The van der Waals surface area contributed by atoms with E-state index in [1.807, 2.05) is 27.7 Å². The average molecular weight is 155 g/mol. The Morgan fingerprint density at radius 3 is 1.64 bits per heavy atom. The van der Waals surface area contributed by atoms with Gasteiger partial charge in [-0.25, -0.2) is 5.43 Å². The molecule has 0 saturated carbocycles. The van der Waals surface area contributed by atoms with Crippen LogP contribution in [0.1, 0.15) is 27.7 Å². The summed E-state index contributed by atoms with van der Waals surface area (Å²) >= 11 is 0. The van der Waals surface area contributed by atoms with Crippen molar-refractivity contribution in [3.05, 3.63) is 0 Å². The van der Waals surface area contributed by atoms with Gasteiger partial charge < -0.3 is 0 Å². The highest BCUT2D eigenvalue weighted by Gasteiger charge is 2.35. The summed E-state index contributed by atoms with van der Waals surface area (Å²) in [6.45, 7) is 7.96. The first-order chi connectivity index (χ1) is 5.01. The predicted molar refractivity (Wildman–Crippen MR) is 45.3 cm³/mol. The van der Waals surface area contributed by atoms with Gasteiger partial charge in [0.15, 0.2) is 0 Å². The maximum atomic E-state index is 8.92. The molecule has 0 atom stereocenters. The summed E-state index contributed by atoms with van der Waals surface area (Å²) < 4.78 is 0. The van der Waals surface area contributed by atoms with Crippen LogP contribution in [0, 0.1) is 23.2 Å². The maximum absolute atomic E-state index is 8.92. The predicted octanol–water partition coefficient (Wildman–Crippen LogP) is 1.02. The Morgan fingerprint density at radius 1 is 1.27 bits per heavy atom. The van der Waals surface area contributed by atoms with Gasteiger partial charge in [0.05, 0.1) is 6.07 Å². The number of hydrogen-bond acceptors (Lipinski definition) is 3. The van der Waals surface area contributed by atoms with E-state index in [2.05, 4.69) is 11.5 Å². The van der Waals surface area contributed by atoms with Crippen molar-refractivity contribution >= 4 is 0 Å². The first-order valence-electron chi connectivity index (χ1n) is 3.90. The summed E-state index contributed by atoms with van der Waals surface area (Å²) in [6.07, 6.45) is 0. The van der Waals surface area contributed by atoms with Gasteiger partial charge in [0.1, 0.15) is 5.54 Å². The third kappa shape index (κ3) is 1.70. The molecule has 64 valence electrons. The van der Waals surface area contributed by atoms with Crippen molar-refractivity contribution < 1.29 is 0 Å². The van der Waals surface area contributed by atoms with Crippen molar-refractivity contribution in [2.24, 2.45) is 17.7 Å². The number of nitrogens with one attached hydrogen (secondary N) is 1. The van der Waals surface area contributed by atoms with Crippen LogP contribution in [-0.2, 0) is 0 Å². The molecule has 0 aromatic rings. The fraction of sp³-hybridized carbons (Fsp3) is 0.875. The van der Waals surface area contributed by atoms with Crippen LogP contribution < -0.4 is 11.3 Å². The number of nitrogens with zero attached hydrogens (tertiary/aromatic N) is 1. The Hall–Kier alpha value is -0.590. The standard InChI is InChI=1S/C8H17N3/c1-6(2)8(5-9,11-10)7(3)4/h6-7,11H,10H2,1-4H3. The number of rotatable bonds is 3. The molecular weight excluding hydrogens is 138 g/mol. The smallest absolute Gasteiger partial charge is 0.123 e. The highest BCUT2D eigenvalue weighted by Crippen LogP contribution is 2.23. The van der Waals surface area contributed by atoms with E-state index in [-0.39, 0.29) is 11.8 Å². The number of nitrogens with two attached hydrogens (primary N) is 1. The molecule has 0 aliphatic rings. The second-order valence-electron chi connectivity index (χ2n) is 3.43. The zero-order valence-electron chi connectivity index (χ0n) is 7.68. The molecule has 0 saturated heterocycles. The molecule has 0 fully saturated rings. The Bertz CT molecular complexity index is 147. The summed E-state index contributed by atoms with van der Waals surface area (Å²) in [6, 6.07) is 2.23. The van der Waals surface area contributed by atoms with E-state index >= 15 is 0 Å².